The number of benzene rings is 1. The highest BCUT2D eigenvalue weighted by molar-refractivity contribution is 5.81. The fourth-order valence-electron chi connectivity index (χ4n) is 1.23. The summed E-state index contributed by atoms with van der Waals surface area (Å²) in [6.45, 7) is 0. The van der Waals surface area contributed by atoms with E-state index < -0.39 is 6.04 Å². The van der Waals surface area contributed by atoms with Crippen molar-refractivity contribution in [3.63, 3.8) is 0 Å². The van der Waals surface area contributed by atoms with Crippen LogP contribution < -0.4 is 11.1 Å². The van der Waals surface area contributed by atoms with Crippen LogP contribution in [-0.4, -0.2) is 29.2 Å². The maximum atomic E-state index is 11.1. The molecule has 0 bridgehead atoms. The van der Waals surface area contributed by atoms with Crippen LogP contribution in [0.3, 0.4) is 0 Å². The number of nitrogens with one attached hydrogen (secondary N) is 1. The lowest BCUT2D eigenvalue weighted by molar-refractivity contribution is -0.121. The van der Waals surface area contributed by atoms with Gasteiger partial charge in [0.05, 0.1) is 6.04 Å². The third kappa shape index (κ3) is 2.85. The second kappa shape index (κ2) is 4.65. The van der Waals surface area contributed by atoms with Crippen LogP contribution in [0.2, 0.25) is 0 Å². The molecule has 0 aliphatic carbocycles. The van der Waals surface area contributed by atoms with Gasteiger partial charge in [-0.15, -0.1) is 0 Å². The van der Waals surface area contributed by atoms with Crippen molar-refractivity contribution in [2.45, 2.75) is 12.5 Å². The zero-order valence-electron chi connectivity index (χ0n) is 8.40. The number of carbonyl (C=O) groups is 1. The van der Waals surface area contributed by atoms with E-state index in [4.69, 9.17) is 10.8 Å². The van der Waals surface area contributed by atoms with Gasteiger partial charge in [0.15, 0.2) is 11.5 Å². The standard InChI is InChI=1S/C10H14N2O3/c1-12-10(15)7(11)4-6-2-3-8(13)9(14)5-6/h2-3,5,7,13-14H,4,11H2,1H3,(H,12,15)/t7-/m0/s1. The lowest BCUT2D eigenvalue weighted by Crippen LogP contribution is -2.40. The minimum Gasteiger partial charge on any atom is -0.504 e. The van der Waals surface area contributed by atoms with Crippen LogP contribution in [-0.2, 0) is 11.2 Å². The van der Waals surface area contributed by atoms with E-state index in [0.29, 0.717) is 12.0 Å². The van der Waals surface area contributed by atoms with Crippen molar-refractivity contribution in [2.75, 3.05) is 7.05 Å². The molecule has 1 rings (SSSR count). The van der Waals surface area contributed by atoms with Gasteiger partial charge >= 0.3 is 0 Å². The molecule has 15 heavy (non-hydrogen) atoms. The first-order valence-electron chi connectivity index (χ1n) is 4.52. The molecule has 0 fully saturated rings. The molecule has 1 aromatic carbocycles. The SMILES string of the molecule is CNC(=O)[C@@H](N)Cc1ccc(O)c(O)c1. The number of phenolic OH excluding ortho intramolecular Hbond substituents is 2. The molecule has 0 spiro atoms. The van der Waals surface area contributed by atoms with Gasteiger partial charge < -0.3 is 21.3 Å². The number of likely N-dealkylation sites (N-methyl/N-ethyl adjacent to an activating group) is 1. The molecule has 0 saturated heterocycles. The molecule has 0 saturated carbocycles. The van der Waals surface area contributed by atoms with Gasteiger partial charge in [-0.3, -0.25) is 4.79 Å². The first-order chi connectivity index (χ1) is 7.04. The molecule has 1 aromatic rings. The first kappa shape index (κ1) is 11.3. The predicted molar refractivity (Wildman–Crippen MR) is 55.5 cm³/mol. The molecule has 1 atom stereocenters. The highest BCUT2D eigenvalue weighted by atomic mass is 16.3. The van der Waals surface area contributed by atoms with E-state index in [0.717, 1.165) is 0 Å². The number of hydrogen-bond acceptors (Lipinski definition) is 4. The van der Waals surface area contributed by atoms with Crippen molar-refractivity contribution in [1.29, 1.82) is 0 Å². The number of amides is 1. The van der Waals surface area contributed by atoms with Gasteiger partial charge in [0.25, 0.3) is 0 Å². The summed E-state index contributed by atoms with van der Waals surface area (Å²) in [5.41, 5.74) is 6.29. The summed E-state index contributed by atoms with van der Waals surface area (Å²) in [7, 11) is 1.51. The summed E-state index contributed by atoms with van der Waals surface area (Å²) in [6.07, 6.45) is 0.313. The number of rotatable bonds is 3. The quantitative estimate of drug-likeness (QED) is 0.516. The molecule has 0 aliphatic heterocycles. The Bertz CT molecular complexity index is 366. The smallest absolute Gasteiger partial charge is 0.237 e. The minimum absolute atomic E-state index is 0.188. The van der Waals surface area contributed by atoms with Crippen LogP contribution in [0.5, 0.6) is 11.5 Å². The second-order valence-electron chi connectivity index (χ2n) is 3.25. The van der Waals surface area contributed by atoms with Crippen LogP contribution in [0.1, 0.15) is 5.56 Å². The van der Waals surface area contributed by atoms with Crippen LogP contribution >= 0.6 is 0 Å². The van der Waals surface area contributed by atoms with Gasteiger partial charge in [0.2, 0.25) is 5.91 Å². The van der Waals surface area contributed by atoms with Crippen LogP contribution in [0.4, 0.5) is 0 Å². The lowest BCUT2D eigenvalue weighted by atomic mass is 10.1. The van der Waals surface area contributed by atoms with Gasteiger partial charge in [0.1, 0.15) is 0 Å². The Labute approximate surface area is 87.5 Å². The van der Waals surface area contributed by atoms with E-state index in [2.05, 4.69) is 5.32 Å². The van der Waals surface area contributed by atoms with E-state index in [-0.39, 0.29) is 17.4 Å². The van der Waals surface area contributed by atoms with E-state index >= 15 is 0 Å². The maximum Gasteiger partial charge on any atom is 0.237 e. The van der Waals surface area contributed by atoms with Crippen molar-refractivity contribution in [3.05, 3.63) is 23.8 Å². The number of phenols is 2. The molecule has 82 valence electrons. The van der Waals surface area contributed by atoms with E-state index in [1.165, 1.54) is 19.2 Å². The van der Waals surface area contributed by atoms with Crippen molar-refractivity contribution < 1.29 is 15.0 Å². The average Bonchev–Trinajstić information content (AvgIpc) is 2.22. The third-order valence-electron chi connectivity index (χ3n) is 2.08. The minimum atomic E-state index is -0.654. The molecule has 5 N–H and O–H groups in total. The normalized spacial score (nSPS) is 12.1. The Morgan fingerprint density at radius 1 is 1.47 bits per heavy atom. The fourth-order valence-corrected chi connectivity index (χ4v) is 1.23. The molecular weight excluding hydrogens is 196 g/mol. The van der Waals surface area contributed by atoms with E-state index in [1.54, 1.807) is 6.07 Å². The number of nitrogens with two attached hydrogens (primary N) is 1. The predicted octanol–water partition coefficient (Wildman–Crippen LogP) is -0.286. The molecule has 0 aliphatic rings. The van der Waals surface area contributed by atoms with Crippen LogP contribution in [0, 0.1) is 0 Å². The Morgan fingerprint density at radius 2 is 2.13 bits per heavy atom. The molecular formula is C10H14N2O3. The highest BCUT2D eigenvalue weighted by Gasteiger charge is 2.12. The molecule has 0 heterocycles. The lowest BCUT2D eigenvalue weighted by Gasteiger charge is -2.10. The number of hydrogen-bond donors (Lipinski definition) is 4. The number of carbonyl (C=O) groups excluding carboxylic acids is 1. The maximum absolute atomic E-state index is 11.1. The topological polar surface area (TPSA) is 95.6 Å². The summed E-state index contributed by atoms with van der Waals surface area (Å²) in [5, 5.41) is 20.7. The van der Waals surface area contributed by atoms with Gasteiger partial charge in [-0.1, -0.05) is 6.07 Å². The van der Waals surface area contributed by atoms with Gasteiger partial charge in [0, 0.05) is 7.05 Å². The molecule has 1 amide bonds. The molecule has 0 radical (unpaired) electrons. The Kier molecular flexibility index (Phi) is 3.51. The molecule has 0 unspecified atom stereocenters. The Morgan fingerprint density at radius 3 is 2.67 bits per heavy atom. The Balaban J connectivity index is 2.73. The zero-order valence-corrected chi connectivity index (χ0v) is 8.40. The van der Waals surface area contributed by atoms with Crippen molar-refractivity contribution in [3.8, 4) is 11.5 Å². The van der Waals surface area contributed by atoms with Gasteiger partial charge in [-0.2, -0.15) is 0 Å². The number of aromatic hydroxyl groups is 2. The summed E-state index contributed by atoms with van der Waals surface area (Å²) < 4.78 is 0. The average molecular weight is 210 g/mol. The van der Waals surface area contributed by atoms with Gasteiger partial charge in [-0.25, -0.2) is 0 Å². The Hall–Kier alpha value is -1.75. The van der Waals surface area contributed by atoms with Crippen LogP contribution in [0.15, 0.2) is 18.2 Å². The fraction of sp³-hybridized carbons (Fsp3) is 0.300. The van der Waals surface area contributed by atoms with E-state index in [1.807, 2.05) is 0 Å². The van der Waals surface area contributed by atoms with Crippen LogP contribution in [0.25, 0.3) is 0 Å². The zero-order chi connectivity index (χ0) is 11.4. The second-order valence-corrected chi connectivity index (χ2v) is 3.25. The molecule has 5 heteroatoms. The molecule has 0 aromatic heterocycles. The first-order valence-corrected chi connectivity index (χ1v) is 4.52. The monoisotopic (exact) mass is 210 g/mol. The summed E-state index contributed by atoms with van der Waals surface area (Å²) in [6, 6.07) is 3.70. The molecule has 5 nitrogen and oxygen atoms in total. The summed E-state index contributed by atoms with van der Waals surface area (Å²) >= 11 is 0. The van der Waals surface area contributed by atoms with Gasteiger partial charge in [-0.05, 0) is 24.1 Å². The van der Waals surface area contributed by atoms with Crippen molar-refractivity contribution >= 4 is 5.91 Å². The van der Waals surface area contributed by atoms with Crippen molar-refractivity contribution in [1.82, 2.24) is 5.32 Å². The summed E-state index contributed by atoms with van der Waals surface area (Å²) in [4.78, 5) is 11.1. The highest BCUT2D eigenvalue weighted by Crippen LogP contribution is 2.25. The summed E-state index contributed by atoms with van der Waals surface area (Å²) in [5.74, 6) is -0.661. The van der Waals surface area contributed by atoms with E-state index in [9.17, 15) is 9.90 Å². The largest absolute Gasteiger partial charge is 0.504 e. The third-order valence-corrected chi connectivity index (χ3v) is 2.08. The van der Waals surface area contributed by atoms with Crippen molar-refractivity contribution in [2.24, 2.45) is 5.73 Å².